The molecule has 5 nitrogen and oxygen atoms in total. The molecule has 3 rings (SSSR count). The van der Waals surface area contributed by atoms with Crippen molar-refractivity contribution in [3.63, 3.8) is 0 Å². The SMILES string of the molecule is CCNC(=O)[C@@H](Cc1ccccc1)N(Cc1ccccc1F)C(=O)COc1ccc(C(C)(C)C)cc1. The molecule has 1 N–H and O–H groups in total. The third kappa shape index (κ3) is 7.41. The van der Waals surface area contributed by atoms with Crippen molar-refractivity contribution >= 4 is 11.8 Å². The average Bonchev–Trinajstić information content (AvgIpc) is 2.86. The van der Waals surface area contributed by atoms with Crippen molar-refractivity contribution in [2.24, 2.45) is 0 Å². The van der Waals surface area contributed by atoms with Crippen molar-refractivity contribution in [3.8, 4) is 5.75 Å². The monoisotopic (exact) mass is 490 g/mol. The Bertz CT molecular complexity index is 1140. The lowest BCUT2D eigenvalue weighted by atomic mass is 9.87. The highest BCUT2D eigenvalue weighted by Gasteiger charge is 2.31. The molecule has 190 valence electrons. The van der Waals surface area contributed by atoms with Crippen molar-refractivity contribution in [1.29, 1.82) is 0 Å². The van der Waals surface area contributed by atoms with Gasteiger partial charge in [-0.05, 0) is 41.7 Å². The minimum absolute atomic E-state index is 0.00219. The molecule has 0 aliphatic carbocycles. The zero-order valence-electron chi connectivity index (χ0n) is 21.5. The Morgan fingerprint density at radius 3 is 2.19 bits per heavy atom. The van der Waals surface area contributed by atoms with Gasteiger partial charge in [0, 0.05) is 25.1 Å². The fourth-order valence-corrected chi connectivity index (χ4v) is 3.94. The van der Waals surface area contributed by atoms with Crippen molar-refractivity contribution < 1.29 is 18.7 Å². The fourth-order valence-electron chi connectivity index (χ4n) is 3.94. The highest BCUT2D eigenvalue weighted by molar-refractivity contribution is 5.88. The molecule has 6 heteroatoms. The maximum atomic E-state index is 14.6. The number of carbonyl (C=O) groups is 2. The summed E-state index contributed by atoms with van der Waals surface area (Å²) in [6, 6.07) is 22.6. The van der Waals surface area contributed by atoms with Crippen molar-refractivity contribution in [1.82, 2.24) is 10.2 Å². The van der Waals surface area contributed by atoms with Crippen molar-refractivity contribution in [3.05, 3.63) is 101 Å². The van der Waals surface area contributed by atoms with Crippen LogP contribution in [0.2, 0.25) is 0 Å². The number of nitrogens with one attached hydrogen (secondary N) is 1. The molecule has 3 aromatic carbocycles. The number of likely N-dealkylation sites (N-methyl/N-ethyl adjacent to an activating group) is 1. The third-order valence-corrected chi connectivity index (χ3v) is 6.00. The summed E-state index contributed by atoms with van der Waals surface area (Å²) < 4.78 is 20.4. The number of halogens is 1. The molecule has 3 aromatic rings. The van der Waals surface area contributed by atoms with E-state index in [1.807, 2.05) is 61.5 Å². The minimum Gasteiger partial charge on any atom is -0.484 e. The van der Waals surface area contributed by atoms with Gasteiger partial charge < -0.3 is 15.0 Å². The predicted octanol–water partition coefficient (Wildman–Crippen LogP) is 5.28. The maximum Gasteiger partial charge on any atom is 0.261 e. The van der Waals surface area contributed by atoms with Crippen LogP contribution in [0.1, 0.15) is 44.4 Å². The Balaban J connectivity index is 1.86. The molecule has 0 spiro atoms. The lowest BCUT2D eigenvalue weighted by Crippen LogP contribution is -2.51. The van der Waals surface area contributed by atoms with Crippen LogP contribution in [-0.4, -0.2) is 35.9 Å². The number of hydrogen-bond donors (Lipinski definition) is 1. The van der Waals surface area contributed by atoms with Crippen LogP contribution in [0.15, 0.2) is 78.9 Å². The van der Waals surface area contributed by atoms with Gasteiger partial charge in [-0.25, -0.2) is 4.39 Å². The first-order chi connectivity index (χ1) is 17.2. The zero-order valence-corrected chi connectivity index (χ0v) is 21.5. The number of rotatable bonds is 10. The predicted molar refractivity (Wildman–Crippen MR) is 140 cm³/mol. The van der Waals surface area contributed by atoms with Gasteiger partial charge >= 0.3 is 0 Å². The first kappa shape index (κ1) is 26.9. The second-order valence-corrected chi connectivity index (χ2v) is 9.78. The van der Waals surface area contributed by atoms with Gasteiger partial charge in [-0.3, -0.25) is 9.59 Å². The Kier molecular flexibility index (Phi) is 9.23. The van der Waals surface area contributed by atoms with E-state index in [4.69, 9.17) is 4.74 Å². The van der Waals surface area contributed by atoms with Gasteiger partial charge in [0.05, 0.1) is 0 Å². The molecule has 0 saturated carbocycles. The number of benzene rings is 3. The molecule has 2 amide bonds. The summed E-state index contributed by atoms with van der Waals surface area (Å²) >= 11 is 0. The molecular weight excluding hydrogens is 455 g/mol. The first-order valence-electron chi connectivity index (χ1n) is 12.3. The van der Waals surface area contributed by atoms with E-state index in [0.29, 0.717) is 24.3 Å². The van der Waals surface area contributed by atoms with E-state index in [9.17, 15) is 14.0 Å². The van der Waals surface area contributed by atoms with E-state index < -0.39 is 17.8 Å². The molecule has 0 aliphatic heterocycles. The number of nitrogens with zero attached hydrogens (tertiary/aromatic N) is 1. The quantitative estimate of drug-likeness (QED) is 0.421. The zero-order chi connectivity index (χ0) is 26.1. The van der Waals surface area contributed by atoms with Gasteiger partial charge in [-0.15, -0.1) is 0 Å². The molecule has 36 heavy (non-hydrogen) atoms. The van der Waals surface area contributed by atoms with E-state index in [1.165, 1.54) is 11.0 Å². The molecule has 0 unspecified atom stereocenters. The Labute approximate surface area is 213 Å². The fraction of sp³-hybridized carbons (Fsp3) is 0.333. The second-order valence-electron chi connectivity index (χ2n) is 9.78. The van der Waals surface area contributed by atoms with Gasteiger partial charge in [0.25, 0.3) is 5.91 Å². The van der Waals surface area contributed by atoms with Gasteiger partial charge in [-0.2, -0.15) is 0 Å². The van der Waals surface area contributed by atoms with Gasteiger partial charge in [0.1, 0.15) is 17.6 Å². The normalized spacial score (nSPS) is 12.0. The highest BCUT2D eigenvalue weighted by atomic mass is 19.1. The average molecular weight is 491 g/mol. The number of hydrogen-bond acceptors (Lipinski definition) is 3. The van der Waals surface area contributed by atoms with Crippen LogP contribution in [0, 0.1) is 5.82 Å². The van der Waals surface area contributed by atoms with Crippen molar-refractivity contribution in [2.75, 3.05) is 13.2 Å². The number of carbonyl (C=O) groups excluding carboxylic acids is 2. The molecule has 0 aliphatic rings. The Morgan fingerprint density at radius 2 is 1.58 bits per heavy atom. The summed E-state index contributed by atoms with van der Waals surface area (Å²) in [4.78, 5) is 28.0. The van der Waals surface area contributed by atoms with E-state index >= 15 is 0 Å². The Hall–Kier alpha value is -3.67. The van der Waals surface area contributed by atoms with Gasteiger partial charge in [0.2, 0.25) is 5.91 Å². The summed E-state index contributed by atoms with van der Waals surface area (Å²) in [5.74, 6) is -0.561. The van der Waals surface area contributed by atoms with Gasteiger partial charge in [-0.1, -0.05) is 81.4 Å². The smallest absolute Gasteiger partial charge is 0.261 e. The molecule has 0 saturated heterocycles. The molecule has 0 aromatic heterocycles. The summed E-state index contributed by atoms with van der Waals surface area (Å²) in [7, 11) is 0. The van der Waals surface area contributed by atoms with Crippen LogP contribution in [-0.2, 0) is 28.0 Å². The lowest BCUT2D eigenvalue weighted by Gasteiger charge is -2.31. The van der Waals surface area contributed by atoms with Crippen LogP contribution in [0.5, 0.6) is 5.75 Å². The minimum atomic E-state index is -0.827. The Morgan fingerprint density at radius 1 is 0.944 bits per heavy atom. The standard InChI is InChI=1S/C30H35FN2O3/c1-5-32-29(35)27(19-22-11-7-6-8-12-22)33(20-23-13-9-10-14-26(23)31)28(34)21-36-25-17-15-24(16-18-25)30(2,3)4/h6-18,27H,5,19-21H2,1-4H3,(H,32,35)/t27-/m1/s1. The number of amides is 2. The second kappa shape index (κ2) is 12.3. The van der Waals surface area contributed by atoms with E-state index in [2.05, 4.69) is 26.1 Å². The summed E-state index contributed by atoms with van der Waals surface area (Å²) in [6.07, 6.45) is 0.299. The van der Waals surface area contributed by atoms with E-state index in [0.717, 1.165) is 11.1 Å². The number of ether oxygens (including phenoxy) is 1. The summed E-state index contributed by atoms with van der Waals surface area (Å²) in [6.45, 7) is 8.30. The van der Waals surface area contributed by atoms with Crippen LogP contribution < -0.4 is 10.1 Å². The maximum absolute atomic E-state index is 14.6. The highest BCUT2D eigenvalue weighted by Crippen LogP contribution is 2.24. The van der Waals surface area contributed by atoms with E-state index in [1.54, 1.807) is 18.2 Å². The molecule has 0 radical (unpaired) electrons. The first-order valence-corrected chi connectivity index (χ1v) is 12.3. The largest absolute Gasteiger partial charge is 0.484 e. The molecule has 1 atom stereocenters. The van der Waals surface area contributed by atoms with Crippen LogP contribution in [0.25, 0.3) is 0 Å². The molecular formula is C30H35FN2O3. The lowest BCUT2D eigenvalue weighted by molar-refractivity contribution is -0.142. The van der Waals surface area contributed by atoms with Crippen LogP contribution in [0.3, 0.4) is 0 Å². The topological polar surface area (TPSA) is 58.6 Å². The summed E-state index contributed by atoms with van der Waals surface area (Å²) in [5, 5.41) is 2.83. The molecule has 0 heterocycles. The summed E-state index contributed by atoms with van der Waals surface area (Å²) in [5.41, 5.74) is 2.39. The van der Waals surface area contributed by atoms with Crippen LogP contribution >= 0.6 is 0 Å². The van der Waals surface area contributed by atoms with Crippen LogP contribution in [0.4, 0.5) is 4.39 Å². The molecule has 0 bridgehead atoms. The van der Waals surface area contributed by atoms with Crippen molar-refractivity contribution in [2.45, 2.75) is 52.1 Å². The molecule has 0 fully saturated rings. The van der Waals surface area contributed by atoms with Gasteiger partial charge in [0.15, 0.2) is 6.61 Å². The third-order valence-electron chi connectivity index (χ3n) is 6.00. The van der Waals surface area contributed by atoms with E-state index in [-0.39, 0.29) is 24.5 Å².